The van der Waals surface area contributed by atoms with Crippen molar-refractivity contribution in [2.24, 2.45) is 0 Å². The van der Waals surface area contributed by atoms with Crippen LogP contribution in [0.15, 0.2) is 268 Å². The summed E-state index contributed by atoms with van der Waals surface area (Å²) < 4.78 is 79.7. The molecule has 0 heterocycles. The van der Waals surface area contributed by atoms with Crippen molar-refractivity contribution in [2.45, 2.75) is 126 Å². The Balaban J connectivity index is 0.000000193. The summed E-state index contributed by atoms with van der Waals surface area (Å²) in [5.41, 5.74) is 18.8. The molecule has 0 spiro atoms. The van der Waals surface area contributed by atoms with Crippen LogP contribution in [0.4, 0.5) is 8.78 Å². The van der Waals surface area contributed by atoms with Gasteiger partial charge in [0.2, 0.25) is 0 Å². The summed E-state index contributed by atoms with van der Waals surface area (Å²) in [5.74, 6) is -4.92. The maximum atomic E-state index is 15.6. The van der Waals surface area contributed by atoms with Crippen molar-refractivity contribution in [1.82, 2.24) is 0 Å². The van der Waals surface area contributed by atoms with Gasteiger partial charge in [-0.1, -0.05) is 150 Å². The number of hydrogen-bond donors (Lipinski definition) is 0. The number of carbonyl (C=O) groups excluding carboxylic acids is 9. The van der Waals surface area contributed by atoms with E-state index in [4.69, 9.17) is 42.6 Å². The minimum Gasteiger partial charge on any atom is -0.462 e. The van der Waals surface area contributed by atoms with Crippen LogP contribution in [0.25, 0.3) is 66.8 Å². The fourth-order valence-corrected chi connectivity index (χ4v) is 13.9. The molecule has 0 N–H and O–H groups in total. The predicted molar refractivity (Wildman–Crippen MR) is 470 cm³/mol. The first-order valence-electron chi connectivity index (χ1n) is 39.6. The van der Waals surface area contributed by atoms with Crippen molar-refractivity contribution in [3.63, 3.8) is 0 Å². The molecule has 12 rings (SSSR count). The third-order valence-corrected chi connectivity index (χ3v) is 20.6. The summed E-state index contributed by atoms with van der Waals surface area (Å²) in [6, 6.07) is 45.9. The summed E-state index contributed by atoms with van der Waals surface area (Å²) >= 11 is 0. The van der Waals surface area contributed by atoms with Gasteiger partial charge in [0.25, 0.3) is 0 Å². The number of fused-ring (bicyclic) bond motifs is 3. The van der Waals surface area contributed by atoms with Crippen LogP contribution in [0, 0.1) is 25.5 Å². The second-order valence-corrected chi connectivity index (χ2v) is 31.0. The van der Waals surface area contributed by atoms with Gasteiger partial charge in [-0.2, -0.15) is 0 Å². The van der Waals surface area contributed by atoms with Gasteiger partial charge in [-0.25, -0.2) is 51.9 Å². The van der Waals surface area contributed by atoms with Crippen LogP contribution in [-0.4, -0.2) is 73.5 Å². The molecule has 0 amide bonds. The van der Waals surface area contributed by atoms with Crippen molar-refractivity contribution >= 4 is 53.7 Å². The van der Waals surface area contributed by atoms with E-state index in [0.717, 1.165) is 94.2 Å². The molecule has 0 bridgehead atoms. The number of benzene rings is 9. The van der Waals surface area contributed by atoms with E-state index >= 15 is 8.78 Å². The van der Waals surface area contributed by atoms with Gasteiger partial charge in [0.1, 0.15) is 46.1 Å². The Morgan fingerprint density at radius 3 is 0.870 bits per heavy atom. The topological polar surface area (TPSA) is 237 Å². The summed E-state index contributed by atoms with van der Waals surface area (Å²) in [6.07, 6.45) is 6.51. The van der Waals surface area contributed by atoms with E-state index in [2.05, 4.69) is 89.5 Å². The molecule has 18 nitrogen and oxygen atoms in total. The standard InChI is InChI=1S/C35H34O6.2C34H31FO6/c1-8-33(36)39-19-26-12-10-24-9-11-25(17-32(24)26)30-13-23(7)31(14-22(30)6)27-15-28(40-34(37)20(2)3)18-29(16-27)41-35(38)21(4)5;1-19(2)32(36)39-18-25-10-8-22-7-9-24(15-30(22)25)29-12-11-23(16-31(29)35)26-13-27(40-33(37)20(3)4)17-28(14-26)41-34(38)21(5)6;1-19(2)32(36)39-18-25-10-8-22-7-9-23(15-30(22)25)24-11-12-29(31(35)16-24)26-13-27(40-33(37)20(3)4)17-28(14-26)41-34(38)21(5)6/h8-9,11,13-18,26H,1-2,4,10,12,19H2,3,5-7H3;2*7,9,11-17,25H,1,3,5,8,10,18H2,2,4,6H3. The Morgan fingerprint density at radius 2 is 0.553 bits per heavy atom. The average Bonchev–Trinajstić information content (AvgIpc) is 1.57. The molecule has 3 atom stereocenters. The van der Waals surface area contributed by atoms with Crippen LogP contribution >= 0.6 is 0 Å². The lowest BCUT2D eigenvalue weighted by molar-refractivity contribution is -0.140. The van der Waals surface area contributed by atoms with Gasteiger partial charge in [0.05, 0.1) is 19.8 Å². The minimum absolute atomic E-state index is 0.0283. The Hall–Kier alpha value is -14.3. The molecule has 3 unspecified atom stereocenters. The van der Waals surface area contributed by atoms with Gasteiger partial charge < -0.3 is 42.6 Å². The molecular formula is C103H96F2O18. The van der Waals surface area contributed by atoms with E-state index in [0.29, 0.717) is 51.1 Å². The molecule has 0 aliphatic heterocycles. The Labute approximate surface area is 714 Å². The molecular weight excluding hydrogens is 1560 g/mol. The highest BCUT2D eigenvalue weighted by atomic mass is 19.1. The smallest absolute Gasteiger partial charge is 0.338 e. The van der Waals surface area contributed by atoms with Crippen molar-refractivity contribution in [3.05, 3.63) is 324 Å². The largest absolute Gasteiger partial charge is 0.462 e. The minimum atomic E-state index is -0.667. The zero-order valence-electron chi connectivity index (χ0n) is 70.7. The molecule has 0 saturated carbocycles. The molecule has 3 aliphatic rings. The summed E-state index contributed by atoms with van der Waals surface area (Å²) in [4.78, 5) is 108. The lowest BCUT2D eigenvalue weighted by atomic mass is 9.90. The van der Waals surface area contributed by atoms with E-state index in [1.54, 1.807) is 76.2 Å². The number of rotatable bonds is 27. The molecule has 0 aromatic heterocycles. The lowest BCUT2D eigenvalue weighted by Gasteiger charge is -2.17. The summed E-state index contributed by atoms with van der Waals surface area (Å²) in [5, 5.41) is 0. The molecule has 0 radical (unpaired) electrons. The number of ether oxygens (including phenoxy) is 9. The lowest BCUT2D eigenvalue weighted by Crippen LogP contribution is -2.11. The first kappa shape index (κ1) is 91.0. The molecule has 0 saturated heterocycles. The highest BCUT2D eigenvalue weighted by Crippen LogP contribution is 2.44. The van der Waals surface area contributed by atoms with Gasteiger partial charge in [-0.3, -0.25) is 0 Å². The number of hydrogen-bond acceptors (Lipinski definition) is 18. The highest BCUT2D eigenvalue weighted by molar-refractivity contribution is 5.94. The van der Waals surface area contributed by atoms with Crippen LogP contribution in [0.1, 0.15) is 137 Å². The monoisotopic (exact) mass is 1660 g/mol. The fraction of sp³-hybridized carbons (Fsp3) is 0.214. The van der Waals surface area contributed by atoms with Crippen LogP contribution in [0.5, 0.6) is 34.5 Å². The molecule has 630 valence electrons. The Kier molecular flexibility index (Phi) is 29.8. The third kappa shape index (κ3) is 23.4. The van der Waals surface area contributed by atoms with E-state index in [1.165, 1.54) is 92.9 Å². The number of carbonyl (C=O) groups is 9. The molecule has 123 heavy (non-hydrogen) atoms. The highest BCUT2D eigenvalue weighted by Gasteiger charge is 2.30. The predicted octanol–water partition coefficient (Wildman–Crippen LogP) is 21.9. The number of aryl methyl sites for hydroxylation is 5. The first-order valence-corrected chi connectivity index (χ1v) is 39.6. The van der Waals surface area contributed by atoms with E-state index in [9.17, 15) is 43.2 Å². The molecule has 3 aliphatic carbocycles. The number of esters is 9. The van der Waals surface area contributed by atoms with E-state index < -0.39 is 65.4 Å². The van der Waals surface area contributed by atoms with Gasteiger partial charge in [0.15, 0.2) is 0 Å². The zero-order valence-corrected chi connectivity index (χ0v) is 70.7. The second kappa shape index (κ2) is 40.2. The number of halogens is 2. The fourth-order valence-electron chi connectivity index (χ4n) is 13.9. The van der Waals surface area contributed by atoms with E-state index in [1.807, 2.05) is 50.2 Å². The van der Waals surface area contributed by atoms with Crippen LogP contribution in [0.3, 0.4) is 0 Å². The van der Waals surface area contributed by atoms with Crippen LogP contribution in [-0.2, 0) is 76.6 Å². The molecule has 0 fully saturated rings. The van der Waals surface area contributed by atoms with Crippen molar-refractivity contribution < 1.29 is 94.6 Å². The van der Waals surface area contributed by atoms with Gasteiger partial charge >= 0.3 is 53.7 Å². The summed E-state index contributed by atoms with van der Waals surface area (Å²) in [6.45, 7) is 49.6. The van der Waals surface area contributed by atoms with Gasteiger partial charge in [-0.05, 0) is 256 Å². The molecule has 9 aromatic rings. The van der Waals surface area contributed by atoms with E-state index in [-0.39, 0.29) is 104 Å². The van der Waals surface area contributed by atoms with Crippen molar-refractivity contribution in [3.8, 4) is 101 Å². The third-order valence-electron chi connectivity index (χ3n) is 20.6. The average molecular weight is 1660 g/mol. The molecule has 9 aromatic carbocycles. The Bertz CT molecular complexity index is 5790. The zero-order chi connectivity index (χ0) is 89.5. The second-order valence-electron chi connectivity index (χ2n) is 31.0. The van der Waals surface area contributed by atoms with Crippen molar-refractivity contribution in [1.29, 1.82) is 0 Å². The van der Waals surface area contributed by atoms with Gasteiger partial charge in [0, 0.05) is 97.7 Å². The normalized spacial score (nSPS) is 13.6. The quantitative estimate of drug-likeness (QED) is 0.0201. The Morgan fingerprint density at radius 1 is 0.301 bits per heavy atom. The maximum absolute atomic E-state index is 15.6. The molecule has 20 heteroatoms. The SMILES string of the molecule is C=C(C)C(=O)OCC1CCc2ccc(-c3ccc(-c4cc(OC(=O)C(=C)C)cc(OC(=O)C(=C)C)c4)c(F)c3)cc21.C=C(C)C(=O)OCC1CCc2ccc(-c3ccc(-c4cc(OC(=O)C(=C)C)cc(OC(=O)C(=C)C)c4)cc3F)cc21.C=CC(=O)OCC1CCc2ccc(-c3cc(C)c(-c4cc(OC(=O)C(=C)C)cc(OC(=O)C(=C)C)c4)cc3C)cc21. The van der Waals surface area contributed by atoms with Crippen LogP contribution in [0.2, 0.25) is 0 Å². The van der Waals surface area contributed by atoms with Crippen molar-refractivity contribution in [2.75, 3.05) is 19.8 Å². The first-order chi connectivity index (χ1) is 58.3. The van der Waals surface area contributed by atoms with Crippen LogP contribution < -0.4 is 28.4 Å². The maximum Gasteiger partial charge on any atom is 0.338 e. The van der Waals surface area contributed by atoms with Gasteiger partial charge in [-0.15, -0.1) is 0 Å². The summed E-state index contributed by atoms with van der Waals surface area (Å²) in [7, 11) is 0.